The van der Waals surface area contributed by atoms with Gasteiger partial charge in [-0.25, -0.2) is 0 Å². The van der Waals surface area contributed by atoms with Crippen LogP contribution in [0.3, 0.4) is 0 Å². The summed E-state index contributed by atoms with van der Waals surface area (Å²) in [6, 6.07) is 20.6. The molecule has 34 heavy (non-hydrogen) atoms. The molecular weight excluding hydrogens is 428 g/mol. The SMILES string of the molecule is COc1ccc(C=CC(=O)Nc2ccccc2N)c(OCc2ccccc2)c1CCC(C)(C)O. The van der Waals surface area contributed by atoms with Crippen molar-refractivity contribution in [2.45, 2.75) is 38.9 Å². The van der Waals surface area contributed by atoms with Crippen LogP contribution in [0.2, 0.25) is 0 Å². The van der Waals surface area contributed by atoms with Crippen molar-refractivity contribution >= 4 is 23.4 Å². The van der Waals surface area contributed by atoms with Gasteiger partial charge in [0, 0.05) is 17.2 Å². The van der Waals surface area contributed by atoms with Crippen LogP contribution in [-0.4, -0.2) is 23.7 Å². The number of nitrogens with one attached hydrogen (secondary N) is 1. The van der Waals surface area contributed by atoms with Crippen molar-refractivity contribution in [3.63, 3.8) is 0 Å². The van der Waals surface area contributed by atoms with Crippen LogP contribution in [0.1, 0.15) is 37.0 Å². The van der Waals surface area contributed by atoms with Gasteiger partial charge in [-0.3, -0.25) is 4.79 Å². The molecule has 6 nitrogen and oxygen atoms in total. The van der Waals surface area contributed by atoms with Crippen LogP contribution in [-0.2, 0) is 17.8 Å². The number of ether oxygens (including phenoxy) is 2. The fourth-order valence-corrected chi connectivity index (χ4v) is 3.47. The Hall–Kier alpha value is -3.77. The van der Waals surface area contributed by atoms with Crippen LogP contribution in [0.5, 0.6) is 11.5 Å². The molecule has 0 unspecified atom stereocenters. The summed E-state index contributed by atoms with van der Waals surface area (Å²) < 4.78 is 11.9. The molecule has 3 aromatic carbocycles. The number of aliphatic hydroxyl groups is 1. The van der Waals surface area contributed by atoms with Crippen molar-refractivity contribution in [3.8, 4) is 11.5 Å². The summed E-state index contributed by atoms with van der Waals surface area (Å²) in [5.41, 5.74) is 8.72. The molecule has 3 rings (SSSR count). The monoisotopic (exact) mass is 460 g/mol. The third kappa shape index (κ3) is 7.12. The lowest BCUT2D eigenvalue weighted by Crippen LogP contribution is -2.19. The first-order valence-corrected chi connectivity index (χ1v) is 11.2. The predicted octanol–water partition coefficient (Wildman–Crippen LogP) is 5.21. The fourth-order valence-electron chi connectivity index (χ4n) is 3.47. The van der Waals surface area contributed by atoms with E-state index in [0.717, 1.165) is 16.7 Å². The zero-order chi connectivity index (χ0) is 24.6. The van der Waals surface area contributed by atoms with E-state index < -0.39 is 5.60 Å². The molecule has 0 saturated heterocycles. The molecule has 0 fully saturated rings. The summed E-state index contributed by atoms with van der Waals surface area (Å²) in [4.78, 5) is 12.5. The Balaban J connectivity index is 1.91. The van der Waals surface area contributed by atoms with Crippen LogP contribution < -0.4 is 20.5 Å². The molecule has 1 amide bonds. The molecule has 178 valence electrons. The largest absolute Gasteiger partial charge is 0.496 e. The number of para-hydroxylation sites is 2. The smallest absolute Gasteiger partial charge is 0.248 e. The molecule has 0 aliphatic carbocycles. The van der Waals surface area contributed by atoms with Gasteiger partial charge in [-0.15, -0.1) is 0 Å². The van der Waals surface area contributed by atoms with Crippen LogP contribution in [0.4, 0.5) is 11.4 Å². The maximum absolute atomic E-state index is 12.5. The number of hydrogen-bond acceptors (Lipinski definition) is 5. The van der Waals surface area contributed by atoms with E-state index in [9.17, 15) is 9.90 Å². The molecular formula is C28H32N2O4. The number of nitrogen functional groups attached to an aromatic ring is 1. The second kappa shape index (κ2) is 11.4. The number of nitrogens with two attached hydrogens (primary N) is 1. The molecule has 0 saturated carbocycles. The molecule has 0 aromatic heterocycles. The Morgan fingerprint density at radius 2 is 1.76 bits per heavy atom. The van der Waals surface area contributed by atoms with E-state index in [1.807, 2.05) is 54.6 Å². The van der Waals surface area contributed by atoms with E-state index in [1.54, 1.807) is 39.2 Å². The van der Waals surface area contributed by atoms with Crippen molar-refractivity contribution in [1.29, 1.82) is 0 Å². The molecule has 0 aliphatic heterocycles. The molecule has 4 N–H and O–H groups in total. The van der Waals surface area contributed by atoms with Crippen LogP contribution in [0.25, 0.3) is 6.08 Å². The van der Waals surface area contributed by atoms with Gasteiger partial charge in [0.25, 0.3) is 0 Å². The van der Waals surface area contributed by atoms with E-state index in [4.69, 9.17) is 15.2 Å². The van der Waals surface area contributed by atoms with Gasteiger partial charge in [0.2, 0.25) is 5.91 Å². The second-order valence-corrected chi connectivity index (χ2v) is 8.66. The molecule has 0 aliphatic rings. The summed E-state index contributed by atoms with van der Waals surface area (Å²) in [7, 11) is 1.61. The Bertz CT molecular complexity index is 1130. The normalized spacial score (nSPS) is 11.4. The summed E-state index contributed by atoms with van der Waals surface area (Å²) in [6.45, 7) is 3.90. The minimum absolute atomic E-state index is 0.305. The first-order valence-electron chi connectivity index (χ1n) is 11.2. The number of methoxy groups -OCH3 is 1. The number of anilines is 2. The number of rotatable bonds is 10. The van der Waals surface area contributed by atoms with E-state index in [2.05, 4.69) is 5.32 Å². The standard InChI is InChI=1S/C28H32N2O4/c1-28(2,32)18-17-22-25(33-3)15-13-21(27(22)34-19-20-9-5-4-6-10-20)14-16-26(31)30-24-12-8-7-11-23(24)29/h4-16,32H,17-19,29H2,1-3H3,(H,30,31). The first-order chi connectivity index (χ1) is 16.3. The molecule has 0 radical (unpaired) electrons. The third-order valence-corrected chi connectivity index (χ3v) is 5.31. The minimum Gasteiger partial charge on any atom is -0.496 e. The summed E-state index contributed by atoms with van der Waals surface area (Å²) in [5, 5.41) is 13.1. The van der Waals surface area contributed by atoms with Crippen LogP contribution in [0.15, 0.2) is 72.8 Å². The molecule has 3 aromatic rings. The van der Waals surface area contributed by atoms with Gasteiger partial charge in [-0.1, -0.05) is 42.5 Å². The van der Waals surface area contributed by atoms with Crippen LogP contribution in [0, 0.1) is 0 Å². The van der Waals surface area contributed by atoms with Crippen molar-refractivity contribution in [1.82, 2.24) is 0 Å². The van der Waals surface area contributed by atoms with Crippen molar-refractivity contribution < 1.29 is 19.4 Å². The number of carbonyl (C=O) groups excluding carboxylic acids is 1. The maximum atomic E-state index is 12.5. The molecule has 6 heteroatoms. The number of hydrogen-bond donors (Lipinski definition) is 3. The molecule has 0 bridgehead atoms. The van der Waals surface area contributed by atoms with Gasteiger partial charge in [0.1, 0.15) is 18.1 Å². The quantitative estimate of drug-likeness (QED) is 0.285. The zero-order valence-corrected chi connectivity index (χ0v) is 19.9. The predicted molar refractivity (Wildman–Crippen MR) is 137 cm³/mol. The van der Waals surface area contributed by atoms with Gasteiger partial charge in [0.15, 0.2) is 0 Å². The fraction of sp³-hybridized carbons (Fsp3) is 0.250. The molecule has 0 atom stereocenters. The van der Waals surface area contributed by atoms with Crippen molar-refractivity contribution in [3.05, 3.63) is 89.5 Å². The first kappa shape index (κ1) is 24.9. The average Bonchev–Trinajstić information content (AvgIpc) is 2.81. The van der Waals surface area contributed by atoms with E-state index >= 15 is 0 Å². The highest BCUT2D eigenvalue weighted by Crippen LogP contribution is 2.36. The van der Waals surface area contributed by atoms with Crippen molar-refractivity contribution in [2.24, 2.45) is 0 Å². The highest BCUT2D eigenvalue weighted by Gasteiger charge is 2.19. The van der Waals surface area contributed by atoms with E-state index in [1.165, 1.54) is 6.08 Å². The van der Waals surface area contributed by atoms with Gasteiger partial charge in [-0.2, -0.15) is 0 Å². The van der Waals surface area contributed by atoms with Gasteiger partial charge in [0.05, 0.1) is 24.1 Å². The lowest BCUT2D eigenvalue weighted by molar-refractivity contribution is -0.111. The number of carbonyl (C=O) groups is 1. The zero-order valence-electron chi connectivity index (χ0n) is 19.9. The van der Waals surface area contributed by atoms with Gasteiger partial charge >= 0.3 is 0 Å². The number of amides is 1. The maximum Gasteiger partial charge on any atom is 0.248 e. The average molecular weight is 461 g/mol. The lowest BCUT2D eigenvalue weighted by Gasteiger charge is -2.21. The second-order valence-electron chi connectivity index (χ2n) is 8.66. The Morgan fingerprint density at radius 1 is 1.06 bits per heavy atom. The summed E-state index contributed by atoms with van der Waals surface area (Å²) >= 11 is 0. The van der Waals surface area contributed by atoms with Gasteiger partial charge in [-0.05, 0) is 62.6 Å². The summed E-state index contributed by atoms with van der Waals surface area (Å²) in [6.07, 6.45) is 4.22. The Morgan fingerprint density at radius 3 is 2.44 bits per heavy atom. The highest BCUT2D eigenvalue weighted by molar-refractivity contribution is 6.03. The van der Waals surface area contributed by atoms with Crippen molar-refractivity contribution in [2.75, 3.05) is 18.2 Å². The Labute approximate surface area is 201 Å². The molecule has 0 heterocycles. The lowest BCUT2D eigenvalue weighted by atomic mass is 9.96. The minimum atomic E-state index is -0.844. The molecule has 0 spiro atoms. The topological polar surface area (TPSA) is 93.8 Å². The van der Waals surface area contributed by atoms with E-state index in [0.29, 0.717) is 42.3 Å². The van der Waals surface area contributed by atoms with Crippen LogP contribution >= 0.6 is 0 Å². The Kier molecular flexibility index (Phi) is 8.33. The summed E-state index contributed by atoms with van der Waals surface area (Å²) in [5.74, 6) is 0.988. The number of benzene rings is 3. The van der Waals surface area contributed by atoms with Gasteiger partial charge < -0.3 is 25.6 Å². The highest BCUT2D eigenvalue weighted by atomic mass is 16.5. The third-order valence-electron chi connectivity index (χ3n) is 5.31. The van der Waals surface area contributed by atoms with E-state index in [-0.39, 0.29) is 5.91 Å².